The van der Waals surface area contributed by atoms with Crippen LogP contribution in [0.15, 0.2) is 29.8 Å². The van der Waals surface area contributed by atoms with Crippen LogP contribution in [0.1, 0.15) is 39.7 Å². The Balaban J connectivity index is 2.73. The summed E-state index contributed by atoms with van der Waals surface area (Å²) in [7, 11) is 0. The van der Waals surface area contributed by atoms with Gasteiger partial charge in [0, 0.05) is 17.1 Å². The largest absolute Gasteiger partial charge is 0.308 e. The molecule has 0 unspecified atom stereocenters. The zero-order chi connectivity index (χ0) is 12.9. The minimum atomic E-state index is 0.155. The Labute approximate surface area is 110 Å². The van der Waals surface area contributed by atoms with Gasteiger partial charge in [0.2, 0.25) is 0 Å². The van der Waals surface area contributed by atoms with Crippen LogP contribution in [-0.4, -0.2) is 12.1 Å². The summed E-state index contributed by atoms with van der Waals surface area (Å²) in [4.78, 5) is 0. The van der Waals surface area contributed by atoms with Crippen LogP contribution in [0.2, 0.25) is 5.02 Å². The lowest BCUT2D eigenvalue weighted by atomic mass is 10.1. The molecule has 0 spiro atoms. The highest BCUT2D eigenvalue weighted by molar-refractivity contribution is 6.30. The van der Waals surface area contributed by atoms with Crippen molar-refractivity contribution in [3.8, 4) is 0 Å². The smallest absolute Gasteiger partial charge is 0.0411 e. The lowest BCUT2D eigenvalue weighted by molar-refractivity contribution is 0.443. The monoisotopic (exact) mass is 251 g/mol. The van der Waals surface area contributed by atoms with E-state index in [0.29, 0.717) is 0 Å². The summed E-state index contributed by atoms with van der Waals surface area (Å²) in [5.41, 5.74) is 2.72. The fraction of sp³-hybridized carbons (Fsp3) is 0.467. The van der Waals surface area contributed by atoms with Crippen LogP contribution in [0.3, 0.4) is 0 Å². The van der Waals surface area contributed by atoms with Crippen LogP contribution in [0.25, 0.3) is 6.08 Å². The highest BCUT2D eigenvalue weighted by Gasteiger charge is 2.08. The number of benzene rings is 1. The van der Waals surface area contributed by atoms with Crippen molar-refractivity contribution < 1.29 is 0 Å². The maximum atomic E-state index is 5.98. The molecule has 0 amide bonds. The number of hydrogen-bond donors (Lipinski definition) is 1. The standard InChI is InChI=1S/C15H22ClN/c1-5-12(11-17-15(2,3)4)9-13-7-6-8-14(16)10-13/h6-10,17H,5,11H2,1-4H3. The van der Waals surface area contributed by atoms with E-state index in [2.05, 4.69) is 45.2 Å². The number of halogens is 1. The topological polar surface area (TPSA) is 12.0 Å². The van der Waals surface area contributed by atoms with E-state index in [-0.39, 0.29) is 5.54 Å². The van der Waals surface area contributed by atoms with Crippen molar-refractivity contribution in [1.29, 1.82) is 0 Å². The van der Waals surface area contributed by atoms with Gasteiger partial charge in [-0.1, -0.05) is 42.3 Å². The van der Waals surface area contributed by atoms with Crippen LogP contribution < -0.4 is 5.32 Å². The Hall–Kier alpha value is -0.790. The van der Waals surface area contributed by atoms with Crippen molar-refractivity contribution in [3.63, 3.8) is 0 Å². The molecule has 0 saturated heterocycles. The highest BCUT2D eigenvalue weighted by Crippen LogP contribution is 2.15. The van der Waals surface area contributed by atoms with Crippen LogP contribution >= 0.6 is 11.6 Å². The van der Waals surface area contributed by atoms with Gasteiger partial charge in [-0.15, -0.1) is 0 Å². The lowest BCUT2D eigenvalue weighted by Gasteiger charge is -2.21. The first-order valence-electron chi connectivity index (χ1n) is 6.11. The van der Waals surface area contributed by atoms with Crippen molar-refractivity contribution in [1.82, 2.24) is 5.32 Å². The fourth-order valence-corrected chi connectivity index (χ4v) is 1.69. The molecule has 94 valence electrons. The third-order valence-electron chi connectivity index (χ3n) is 2.52. The average Bonchev–Trinajstić information content (AvgIpc) is 2.23. The molecule has 1 aromatic carbocycles. The molecule has 0 bridgehead atoms. The van der Waals surface area contributed by atoms with Gasteiger partial charge >= 0.3 is 0 Å². The molecule has 0 aliphatic rings. The van der Waals surface area contributed by atoms with Crippen molar-refractivity contribution in [2.24, 2.45) is 0 Å². The molecule has 0 atom stereocenters. The van der Waals surface area contributed by atoms with Gasteiger partial charge in [0.05, 0.1) is 0 Å². The molecular weight excluding hydrogens is 230 g/mol. The zero-order valence-electron chi connectivity index (χ0n) is 11.2. The summed E-state index contributed by atoms with van der Waals surface area (Å²) >= 11 is 5.98. The summed E-state index contributed by atoms with van der Waals surface area (Å²) in [5.74, 6) is 0. The third-order valence-corrected chi connectivity index (χ3v) is 2.75. The predicted molar refractivity (Wildman–Crippen MR) is 77.5 cm³/mol. The van der Waals surface area contributed by atoms with Gasteiger partial charge < -0.3 is 5.32 Å². The first-order valence-corrected chi connectivity index (χ1v) is 6.48. The molecule has 0 fully saturated rings. The number of rotatable bonds is 4. The maximum Gasteiger partial charge on any atom is 0.0411 e. The van der Waals surface area contributed by atoms with Crippen LogP contribution in [-0.2, 0) is 0 Å². The average molecular weight is 252 g/mol. The van der Waals surface area contributed by atoms with Crippen LogP contribution in [0.5, 0.6) is 0 Å². The minimum Gasteiger partial charge on any atom is -0.308 e. The highest BCUT2D eigenvalue weighted by atomic mass is 35.5. The van der Waals surface area contributed by atoms with Crippen molar-refractivity contribution >= 4 is 17.7 Å². The molecule has 0 aromatic heterocycles. The summed E-state index contributed by atoms with van der Waals surface area (Å²) in [6, 6.07) is 7.96. The summed E-state index contributed by atoms with van der Waals surface area (Å²) < 4.78 is 0. The Bertz CT molecular complexity index is 388. The normalized spacial score (nSPS) is 12.9. The molecule has 0 heterocycles. The summed E-state index contributed by atoms with van der Waals surface area (Å²) in [6.45, 7) is 9.65. The molecule has 1 rings (SSSR count). The molecule has 17 heavy (non-hydrogen) atoms. The van der Waals surface area contributed by atoms with Gasteiger partial charge in [0.1, 0.15) is 0 Å². The van der Waals surface area contributed by atoms with Crippen molar-refractivity contribution in [2.75, 3.05) is 6.54 Å². The number of nitrogens with one attached hydrogen (secondary N) is 1. The molecule has 1 N–H and O–H groups in total. The Kier molecular flexibility index (Phi) is 5.23. The second kappa shape index (κ2) is 6.23. The van der Waals surface area contributed by atoms with E-state index < -0.39 is 0 Å². The van der Waals surface area contributed by atoms with E-state index in [4.69, 9.17) is 11.6 Å². The van der Waals surface area contributed by atoms with Crippen LogP contribution in [0, 0.1) is 0 Å². The lowest BCUT2D eigenvalue weighted by Crippen LogP contribution is -2.36. The number of hydrogen-bond acceptors (Lipinski definition) is 1. The fourth-order valence-electron chi connectivity index (χ4n) is 1.49. The minimum absolute atomic E-state index is 0.155. The first-order chi connectivity index (χ1) is 7.90. The van der Waals surface area contributed by atoms with Gasteiger partial charge in [-0.3, -0.25) is 0 Å². The molecule has 0 aliphatic carbocycles. The van der Waals surface area contributed by atoms with Crippen molar-refractivity contribution in [2.45, 2.75) is 39.7 Å². The van der Waals surface area contributed by atoms with Crippen LogP contribution in [0.4, 0.5) is 0 Å². The Morgan fingerprint density at radius 1 is 1.35 bits per heavy atom. The molecule has 1 nitrogen and oxygen atoms in total. The summed E-state index contributed by atoms with van der Waals surface area (Å²) in [5, 5.41) is 4.30. The van der Waals surface area contributed by atoms with E-state index in [1.54, 1.807) is 0 Å². The molecule has 0 aliphatic heterocycles. The second-order valence-corrected chi connectivity index (χ2v) is 5.75. The predicted octanol–water partition coefficient (Wildman–Crippen LogP) is 4.52. The third kappa shape index (κ3) is 5.90. The van der Waals surface area contributed by atoms with Gasteiger partial charge in [-0.2, -0.15) is 0 Å². The molecule has 2 heteroatoms. The Morgan fingerprint density at radius 3 is 2.59 bits per heavy atom. The summed E-state index contributed by atoms with van der Waals surface area (Å²) in [6.07, 6.45) is 3.26. The van der Waals surface area contributed by atoms with Gasteiger partial charge in [-0.25, -0.2) is 0 Å². The molecule has 0 saturated carbocycles. The van der Waals surface area contributed by atoms with E-state index >= 15 is 0 Å². The molecule has 0 radical (unpaired) electrons. The first kappa shape index (κ1) is 14.3. The van der Waals surface area contributed by atoms with E-state index in [1.165, 1.54) is 11.1 Å². The quantitative estimate of drug-likeness (QED) is 0.830. The van der Waals surface area contributed by atoms with E-state index in [9.17, 15) is 0 Å². The zero-order valence-corrected chi connectivity index (χ0v) is 11.9. The van der Waals surface area contributed by atoms with Gasteiger partial charge in [-0.05, 0) is 44.9 Å². The SMILES string of the molecule is CCC(=Cc1cccc(Cl)c1)CNC(C)(C)C. The van der Waals surface area contributed by atoms with E-state index in [0.717, 1.165) is 18.0 Å². The van der Waals surface area contributed by atoms with Gasteiger partial charge in [0.15, 0.2) is 0 Å². The Morgan fingerprint density at radius 2 is 2.06 bits per heavy atom. The second-order valence-electron chi connectivity index (χ2n) is 5.31. The van der Waals surface area contributed by atoms with Gasteiger partial charge in [0.25, 0.3) is 0 Å². The molecular formula is C15H22ClN. The van der Waals surface area contributed by atoms with Crippen molar-refractivity contribution in [3.05, 3.63) is 40.4 Å². The van der Waals surface area contributed by atoms with E-state index in [1.807, 2.05) is 18.2 Å². The maximum absolute atomic E-state index is 5.98. The molecule has 1 aromatic rings.